The van der Waals surface area contributed by atoms with E-state index >= 15 is 0 Å². The summed E-state index contributed by atoms with van der Waals surface area (Å²) in [5, 5.41) is 92.6. The van der Waals surface area contributed by atoms with Crippen LogP contribution < -0.4 is 0 Å². The molecule has 5 unspecified atom stereocenters. The number of aliphatic hydroxyl groups excluding tert-OH is 6. The highest BCUT2D eigenvalue weighted by molar-refractivity contribution is 5.88. The topological polar surface area (TPSA) is 299 Å². The fraction of sp³-hybridized carbons (Fsp3) is 0.783. The summed E-state index contributed by atoms with van der Waals surface area (Å²) in [7, 11) is 7.10. The maximum absolute atomic E-state index is 14.5. The molecule has 0 aromatic heterocycles. The summed E-state index contributed by atoms with van der Waals surface area (Å²) in [6.07, 6.45) is -10.3. The highest BCUT2D eigenvalue weighted by atomic mass is 16.7. The van der Waals surface area contributed by atoms with Crippen molar-refractivity contribution in [3.8, 4) is 0 Å². The number of hydrogen-bond acceptors (Lipinski definition) is 22. The summed E-state index contributed by atoms with van der Waals surface area (Å²) in [5.74, 6) is -4.57. The van der Waals surface area contributed by atoms with Crippen molar-refractivity contribution >= 4 is 5.97 Å². The molecular weight excluding hydrogens is 1070 g/mol. The maximum Gasteiger partial charge on any atom is 0.334 e. The number of esters is 1. The molecule has 0 aliphatic carbocycles. The summed E-state index contributed by atoms with van der Waals surface area (Å²) in [6.45, 7) is 20.8. The normalized spacial score (nSPS) is 46.8. The molecule has 5 aliphatic heterocycles. The van der Waals surface area contributed by atoms with E-state index in [1.165, 1.54) is 55.5 Å². The quantitative estimate of drug-likeness (QED) is 0.0804. The minimum atomic E-state index is -2.43. The Balaban J connectivity index is 1.49. The molecule has 5 rings (SSSR count). The van der Waals surface area contributed by atoms with Gasteiger partial charge in [-0.1, -0.05) is 54.9 Å². The molecule has 22 nitrogen and oxygen atoms in total. The predicted molar refractivity (Wildman–Crippen MR) is 298 cm³/mol. The van der Waals surface area contributed by atoms with Gasteiger partial charge in [-0.2, -0.15) is 0 Å². The lowest BCUT2D eigenvalue weighted by Gasteiger charge is -2.57. The second-order valence-electron chi connectivity index (χ2n) is 23.6. The van der Waals surface area contributed by atoms with Crippen molar-refractivity contribution in [1.82, 2.24) is 0 Å². The zero-order valence-corrected chi connectivity index (χ0v) is 51.1. The van der Waals surface area contributed by atoms with E-state index < -0.39 is 145 Å². The molecule has 22 heteroatoms. The molecule has 24 atom stereocenters. The summed E-state index contributed by atoms with van der Waals surface area (Å²) in [6, 6.07) is 0. The average molecular weight is 1170 g/mol. The molecule has 5 heterocycles. The Kier molecular flexibility index (Phi) is 25.5. The molecule has 0 aromatic carbocycles. The van der Waals surface area contributed by atoms with Crippen LogP contribution in [-0.2, 0) is 66.4 Å². The lowest BCUT2D eigenvalue weighted by Crippen LogP contribution is -2.74. The van der Waals surface area contributed by atoms with Gasteiger partial charge in [0, 0.05) is 65.8 Å². The second-order valence-corrected chi connectivity index (χ2v) is 23.6. The summed E-state index contributed by atoms with van der Waals surface area (Å²) < 4.78 is 79.0. The van der Waals surface area contributed by atoms with Crippen molar-refractivity contribution in [2.24, 2.45) is 11.8 Å². The van der Waals surface area contributed by atoms with Crippen LogP contribution in [0.25, 0.3) is 0 Å². The number of hydrogen-bond donors (Lipinski definition) is 8. The van der Waals surface area contributed by atoms with Gasteiger partial charge in [-0.25, -0.2) is 4.79 Å². The Bertz CT molecular complexity index is 2250. The molecule has 0 aromatic rings. The Morgan fingerprint density at radius 3 is 1.95 bits per heavy atom. The third kappa shape index (κ3) is 16.7. The minimum absolute atomic E-state index is 0.0638. The molecule has 0 radical (unpaired) electrons. The Labute approximate surface area is 484 Å². The van der Waals surface area contributed by atoms with Gasteiger partial charge in [-0.15, -0.1) is 0 Å². The second kappa shape index (κ2) is 30.0. The van der Waals surface area contributed by atoms with Gasteiger partial charge in [-0.05, 0) is 99.8 Å². The lowest BCUT2D eigenvalue weighted by molar-refractivity contribution is -0.416. The molecule has 0 spiro atoms. The number of aliphatic hydroxyl groups is 8. The summed E-state index contributed by atoms with van der Waals surface area (Å²) in [4.78, 5) is 14.5. The molecule has 470 valence electrons. The van der Waals surface area contributed by atoms with Gasteiger partial charge < -0.3 is 102 Å². The number of cyclic esters (lactones) is 1. The molecule has 8 N–H and O–H groups in total. The summed E-state index contributed by atoms with van der Waals surface area (Å²) >= 11 is 0. The first kappa shape index (κ1) is 69.7. The van der Waals surface area contributed by atoms with Gasteiger partial charge in [-0.3, -0.25) is 0 Å². The number of methoxy groups -OCH3 is 5. The van der Waals surface area contributed by atoms with Gasteiger partial charge >= 0.3 is 5.97 Å². The minimum Gasteiger partial charge on any atom is -0.497 e. The van der Waals surface area contributed by atoms with Crippen molar-refractivity contribution < 1.29 is 107 Å². The zero-order chi connectivity index (χ0) is 61.3. The highest BCUT2D eigenvalue weighted by Crippen LogP contribution is 2.47. The third-order valence-electron chi connectivity index (χ3n) is 16.7. The number of carbonyl (C=O) groups excluding carboxylic acids is 1. The van der Waals surface area contributed by atoms with E-state index in [1.54, 1.807) is 53.7 Å². The first-order valence-corrected chi connectivity index (χ1v) is 28.5. The van der Waals surface area contributed by atoms with Gasteiger partial charge in [0.15, 0.2) is 18.9 Å². The SMILES string of the molecule is COCCC[C@H]1O[C@@](O)([C@H](C)C2CC(OC)C(O)/C=C(C)/C=C(C)/C=C(\C)C(O[C@H]3O[C@H](C)[C@@H](OC)[C@H](O)[C@H]3O)C(C)/C=C(C)/C=C(OC)/C=C(\C)C(=O)O2)[C@H](OC)[C@@H](O)[C@]1(C)O[C@H]1C[C@H](O)[C@H](O[C@H]2C[C@@](C)(O)[C@H](O)[C@@H](C)O2)[C@@H](C)O1. The highest BCUT2D eigenvalue weighted by Gasteiger charge is 2.64. The summed E-state index contributed by atoms with van der Waals surface area (Å²) in [5.41, 5.74) is -0.215. The van der Waals surface area contributed by atoms with Gasteiger partial charge in [0.25, 0.3) is 0 Å². The Morgan fingerprint density at radius 2 is 1.35 bits per heavy atom. The number of rotatable bonds is 16. The molecular formula is C60H98O22. The molecule has 0 bridgehead atoms. The smallest absolute Gasteiger partial charge is 0.334 e. The number of allylic oxidation sites excluding steroid dienone is 7. The van der Waals surface area contributed by atoms with Crippen LogP contribution in [0.4, 0.5) is 0 Å². The Hall–Kier alpha value is -3.05. The van der Waals surface area contributed by atoms with E-state index in [4.69, 9.17) is 61.6 Å². The van der Waals surface area contributed by atoms with E-state index in [1.807, 2.05) is 45.9 Å². The van der Waals surface area contributed by atoms with E-state index in [0.717, 1.165) is 16.7 Å². The van der Waals surface area contributed by atoms with Gasteiger partial charge in [0.1, 0.15) is 60.2 Å². The van der Waals surface area contributed by atoms with E-state index in [9.17, 15) is 45.6 Å². The van der Waals surface area contributed by atoms with Crippen molar-refractivity contribution in [3.05, 3.63) is 70.1 Å². The molecule has 4 saturated heterocycles. The molecule has 82 heavy (non-hydrogen) atoms. The van der Waals surface area contributed by atoms with Crippen LogP contribution in [0, 0.1) is 11.8 Å². The van der Waals surface area contributed by atoms with Crippen LogP contribution >= 0.6 is 0 Å². The average Bonchev–Trinajstić information content (AvgIpc) is 3.40. The van der Waals surface area contributed by atoms with Crippen LogP contribution in [0.1, 0.15) is 115 Å². The number of carbonyl (C=O) groups is 1. The van der Waals surface area contributed by atoms with Crippen LogP contribution in [0.5, 0.6) is 0 Å². The van der Waals surface area contributed by atoms with Crippen LogP contribution in [0.2, 0.25) is 0 Å². The van der Waals surface area contributed by atoms with Crippen molar-refractivity contribution in [1.29, 1.82) is 0 Å². The predicted octanol–water partition coefficient (Wildman–Crippen LogP) is 3.87. The van der Waals surface area contributed by atoms with Crippen molar-refractivity contribution in [2.75, 3.05) is 42.2 Å². The van der Waals surface area contributed by atoms with Gasteiger partial charge in [0.05, 0.1) is 67.5 Å². The van der Waals surface area contributed by atoms with Crippen molar-refractivity contribution in [3.63, 3.8) is 0 Å². The third-order valence-corrected chi connectivity index (χ3v) is 16.7. The van der Waals surface area contributed by atoms with Crippen LogP contribution in [-0.4, -0.2) is 223 Å². The van der Waals surface area contributed by atoms with Crippen LogP contribution in [0.15, 0.2) is 70.1 Å². The molecule has 5 aliphatic rings. The fourth-order valence-electron chi connectivity index (χ4n) is 12.0. The first-order chi connectivity index (χ1) is 38.4. The van der Waals surface area contributed by atoms with Gasteiger partial charge in [0.2, 0.25) is 5.79 Å². The fourth-order valence-corrected chi connectivity index (χ4v) is 12.0. The monoisotopic (exact) mass is 1170 g/mol. The van der Waals surface area contributed by atoms with E-state index in [2.05, 4.69) is 0 Å². The zero-order valence-electron chi connectivity index (χ0n) is 51.1. The standard InChI is InChI=1S/C60H98O22/c1-30-21-31(2)25-41(61)44(72-15)28-43(78-56(67)35(6)26-40(71-14)24-32(3)23-34(5)50(33(4)22-30)80-57-49(64)48(63)52(73-16)38(9)77-57)36(7)60(69)55(74-17)54(66)59(12,45(81-60)19-18-20-70-13)82-46-27-42(62)51(37(8)75-46)79-47-29-58(11,68)53(65)39(10)76-47/h21-26,34,36-39,41-55,57,61-66,68-69H,18-20,27-29H2,1-17H3/b30-21+,31-25+,32-23+,33-22+,35-26+,40-24-/t34?,36-,37-,38-,39-,41?,42+,43?,44?,45-,46+,47+,48-,49-,50?,51-,52-,53-,54-,55-,57-,58-,59-,60+/m1/s1. The first-order valence-electron chi connectivity index (χ1n) is 28.5. The Morgan fingerprint density at radius 1 is 0.707 bits per heavy atom. The van der Waals surface area contributed by atoms with E-state index in [0.29, 0.717) is 12.0 Å². The van der Waals surface area contributed by atoms with Crippen molar-refractivity contribution in [2.45, 2.75) is 249 Å². The maximum atomic E-state index is 14.5. The number of ether oxygens (including phenoxy) is 13. The largest absolute Gasteiger partial charge is 0.497 e. The molecule has 0 saturated carbocycles. The van der Waals surface area contributed by atoms with Crippen LogP contribution in [0.3, 0.4) is 0 Å². The lowest BCUT2D eigenvalue weighted by atomic mass is 9.75. The molecule has 0 amide bonds. The molecule has 4 fully saturated rings. The van der Waals surface area contributed by atoms with E-state index in [-0.39, 0.29) is 49.5 Å².